The van der Waals surface area contributed by atoms with Gasteiger partial charge in [-0.1, -0.05) is 13.8 Å². The van der Waals surface area contributed by atoms with Gasteiger partial charge in [0, 0.05) is 37.0 Å². The summed E-state index contributed by atoms with van der Waals surface area (Å²) in [6.45, 7) is 5.06. The Balaban J connectivity index is 1.58. The van der Waals surface area contributed by atoms with E-state index in [-0.39, 0.29) is 5.91 Å². The van der Waals surface area contributed by atoms with E-state index in [1.807, 2.05) is 42.7 Å². The lowest BCUT2D eigenvalue weighted by Crippen LogP contribution is -2.12. The summed E-state index contributed by atoms with van der Waals surface area (Å²) in [4.78, 5) is 19.9. The first kappa shape index (κ1) is 15.3. The van der Waals surface area contributed by atoms with Crippen molar-refractivity contribution < 1.29 is 4.79 Å². The monoisotopic (exact) mass is 310 g/mol. The van der Waals surface area contributed by atoms with Crippen LogP contribution in [0.15, 0.2) is 42.7 Å². The molecule has 0 aliphatic rings. The number of carbonyl (C=O) groups is 1. The first-order valence-corrected chi connectivity index (χ1v) is 8.02. The molecule has 0 aliphatic carbocycles. The second kappa shape index (κ2) is 6.69. The van der Waals surface area contributed by atoms with E-state index in [1.54, 1.807) is 0 Å². The molecule has 0 atom stereocenters. The molecular weight excluding hydrogens is 288 g/mol. The third kappa shape index (κ3) is 3.80. The molecule has 3 rings (SSSR count). The van der Waals surface area contributed by atoms with Crippen LogP contribution in [-0.2, 0) is 11.3 Å². The summed E-state index contributed by atoms with van der Waals surface area (Å²) in [7, 11) is 0. The van der Waals surface area contributed by atoms with Crippen LogP contribution in [0.1, 0.15) is 38.4 Å². The molecule has 2 heterocycles. The Hall–Kier alpha value is -2.56. The van der Waals surface area contributed by atoms with E-state index in [1.165, 1.54) is 0 Å². The highest BCUT2D eigenvalue weighted by atomic mass is 16.1. The molecule has 3 aromatic rings. The smallest absolute Gasteiger partial charge is 0.224 e. The maximum absolute atomic E-state index is 12.0. The molecule has 0 spiro atoms. The summed E-state index contributed by atoms with van der Waals surface area (Å²) in [5, 5.41) is 2.96. The van der Waals surface area contributed by atoms with E-state index >= 15 is 0 Å². The van der Waals surface area contributed by atoms with Crippen molar-refractivity contribution >= 4 is 22.6 Å². The Morgan fingerprint density at radius 2 is 2.09 bits per heavy atom. The fourth-order valence-corrected chi connectivity index (χ4v) is 2.55. The number of imidazole rings is 1. The zero-order chi connectivity index (χ0) is 16.2. The van der Waals surface area contributed by atoms with Crippen molar-refractivity contribution in [1.29, 1.82) is 0 Å². The summed E-state index contributed by atoms with van der Waals surface area (Å²) in [5.41, 5.74) is 2.69. The zero-order valence-corrected chi connectivity index (χ0v) is 13.5. The fourth-order valence-electron chi connectivity index (χ4n) is 2.55. The minimum absolute atomic E-state index is 0.0418. The van der Waals surface area contributed by atoms with Gasteiger partial charge >= 0.3 is 0 Å². The molecule has 1 aromatic carbocycles. The Morgan fingerprint density at radius 3 is 2.83 bits per heavy atom. The Morgan fingerprint density at radius 1 is 1.30 bits per heavy atom. The number of rotatable bonds is 6. The molecule has 0 saturated carbocycles. The number of benzene rings is 1. The molecule has 0 bridgehead atoms. The second-order valence-electron chi connectivity index (χ2n) is 6.08. The predicted molar refractivity (Wildman–Crippen MR) is 92.5 cm³/mol. The van der Waals surface area contributed by atoms with Crippen LogP contribution in [0, 0.1) is 0 Å². The van der Waals surface area contributed by atoms with Gasteiger partial charge in [0.2, 0.25) is 5.91 Å². The number of nitrogens with zero attached hydrogens (tertiary/aromatic N) is 2. The van der Waals surface area contributed by atoms with Gasteiger partial charge in [0.05, 0.1) is 11.0 Å². The molecule has 0 radical (unpaired) electrons. The number of hydrogen-bond acceptors (Lipinski definition) is 2. The molecule has 0 saturated heterocycles. The lowest BCUT2D eigenvalue weighted by Gasteiger charge is -2.06. The van der Waals surface area contributed by atoms with Crippen LogP contribution in [0.25, 0.3) is 11.0 Å². The molecule has 2 aromatic heterocycles. The van der Waals surface area contributed by atoms with E-state index in [9.17, 15) is 4.79 Å². The topological polar surface area (TPSA) is 62.7 Å². The van der Waals surface area contributed by atoms with E-state index in [0.717, 1.165) is 35.5 Å². The van der Waals surface area contributed by atoms with E-state index in [2.05, 4.69) is 33.7 Å². The minimum atomic E-state index is 0.0418. The molecule has 2 N–H and O–H groups in total. The number of nitrogens with one attached hydrogen (secondary N) is 2. The molecule has 0 unspecified atom stereocenters. The Kier molecular flexibility index (Phi) is 4.46. The Bertz CT molecular complexity index is 787. The van der Waals surface area contributed by atoms with Crippen LogP contribution < -0.4 is 5.32 Å². The highest BCUT2D eigenvalue weighted by molar-refractivity contribution is 5.93. The number of aromatic nitrogens is 3. The summed E-state index contributed by atoms with van der Waals surface area (Å²) < 4.78 is 2.08. The number of aromatic amines is 1. The maximum Gasteiger partial charge on any atom is 0.224 e. The van der Waals surface area contributed by atoms with E-state index < -0.39 is 0 Å². The van der Waals surface area contributed by atoms with Crippen molar-refractivity contribution in [2.75, 3.05) is 5.32 Å². The van der Waals surface area contributed by atoms with Gasteiger partial charge in [0.15, 0.2) is 0 Å². The van der Waals surface area contributed by atoms with Crippen molar-refractivity contribution in [3.05, 3.63) is 48.5 Å². The van der Waals surface area contributed by atoms with Gasteiger partial charge in [-0.25, -0.2) is 4.98 Å². The molecule has 1 amide bonds. The maximum atomic E-state index is 12.0. The van der Waals surface area contributed by atoms with Gasteiger partial charge in [-0.15, -0.1) is 0 Å². The third-order valence-corrected chi connectivity index (χ3v) is 3.82. The average molecular weight is 310 g/mol. The average Bonchev–Trinajstić information content (AvgIpc) is 3.15. The molecule has 0 aliphatic heterocycles. The molecular formula is C18H22N4O. The SMILES string of the molecule is CC(C)c1nc2ccc(NC(=O)CCCn3cccc3)cc2[nH]1. The number of H-pyrrole nitrogens is 1. The first-order chi connectivity index (χ1) is 11.1. The first-order valence-electron chi connectivity index (χ1n) is 8.02. The molecule has 5 nitrogen and oxygen atoms in total. The number of carbonyl (C=O) groups excluding carboxylic acids is 1. The van der Waals surface area contributed by atoms with Crippen LogP contribution in [0.3, 0.4) is 0 Å². The second-order valence-corrected chi connectivity index (χ2v) is 6.08. The summed E-state index contributed by atoms with van der Waals surface area (Å²) in [6.07, 6.45) is 5.35. The fraction of sp³-hybridized carbons (Fsp3) is 0.333. The highest BCUT2D eigenvalue weighted by Gasteiger charge is 2.08. The lowest BCUT2D eigenvalue weighted by atomic mass is 10.2. The van der Waals surface area contributed by atoms with Crippen LogP contribution in [-0.4, -0.2) is 20.4 Å². The lowest BCUT2D eigenvalue weighted by molar-refractivity contribution is -0.116. The van der Waals surface area contributed by atoms with E-state index in [4.69, 9.17) is 0 Å². The number of amides is 1. The van der Waals surface area contributed by atoms with E-state index in [0.29, 0.717) is 12.3 Å². The summed E-state index contributed by atoms with van der Waals surface area (Å²) >= 11 is 0. The molecule has 120 valence electrons. The van der Waals surface area contributed by atoms with Crippen LogP contribution in [0.2, 0.25) is 0 Å². The molecule has 0 fully saturated rings. The quantitative estimate of drug-likeness (QED) is 0.725. The van der Waals surface area contributed by atoms with Gasteiger partial charge in [0.1, 0.15) is 5.82 Å². The number of fused-ring (bicyclic) bond motifs is 1. The summed E-state index contributed by atoms with van der Waals surface area (Å²) in [5.74, 6) is 1.37. The highest BCUT2D eigenvalue weighted by Crippen LogP contribution is 2.20. The van der Waals surface area contributed by atoms with Gasteiger partial charge in [-0.3, -0.25) is 4.79 Å². The summed E-state index contributed by atoms with van der Waals surface area (Å²) in [6, 6.07) is 9.76. The largest absolute Gasteiger partial charge is 0.354 e. The van der Waals surface area contributed by atoms with Crippen molar-refractivity contribution in [2.24, 2.45) is 0 Å². The zero-order valence-electron chi connectivity index (χ0n) is 13.5. The van der Waals surface area contributed by atoms with Crippen molar-refractivity contribution in [3.63, 3.8) is 0 Å². The predicted octanol–water partition coefficient (Wildman–Crippen LogP) is 3.91. The molecule has 5 heteroatoms. The standard InChI is InChI=1S/C18H22N4O/c1-13(2)18-20-15-8-7-14(12-16(15)21-18)19-17(23)6-5-11-22-9-3-4-10-22/h3-4,7-10,12-13H,5-6,11H2,1-2H3,(H,19,23)(H,20,21). The Labute approximate surface area is 135 Å². The van der Waals surface area contributed by atoms with Crippen molar-refractivity contribution in [3.8, 4) is 0 Å². The van der Waals surface area contributed by atoms with Crippen LogP contribution >= 0.6 is 0 Å². The minimum Gasteiger partial charge on any atom is -0.354 e. The van der Waals surface area contributed by atoms with Gasteiger partial charge in [0.25, 0.3) is 0 Å². The number of aryl methyl sites for hydroxylation is 1. The van der Waals surface area contributed by atoms with Gasteiger partial charge < -0.3 is 14.9 Å². The molecule has 23 heavy (non-hydrogen) atoms. The number of hydrogen-bond donors (Lipinski definition) is 2. The van der Waals surface area contributed by atoms with Gasteiger partial charge in [-0.05, 0) is 36.8 Å². The van der Waals surface area contributed by atoms with Crippen LogP contribution in [0.5, 0.6) is 0 Å². The van der Waals surface area contributed by atoms with Crippen molar-refractivity contribution in [1.82, 2.24) is 14.5 Å². The number of anilines is 1. The van der Waals surface area contributed by atoms with Gasteiger partial charge in [-0.2, -0.15) is 0 Å². The van der Waals surface area contributed by atoms with Crippen LogP contribution in [0.4, 0.5) is 5.69 Å². The third-order valence-electron chi connectivity index (χ3n) is 3.82. The normalized spacial score (nSPS) is 11.3. The van der Waals surface area contributed by atoms with Crippen molar-refractivity contribution in [2.45, 2.75) is 39.2 Å².